The van der Waals surface area contributed by atoms with Gasteiger partial charge in [-0.05, 0) is 30.2 Å². The highest BCUT2D eigenvalue weighted by atomic mass is 32.1. The highest BCUT2D eigenvalue weighted by molar-refractivity contribution is 7.15. The van der Waals surface area contributed by atoms with E-state index < -0.39 is 0 Å². The van der Waals surface area contributed by atoms with Gasteiger partial charge in [-0.25, -0.2) is 0 Å². The van der Waals surface area contributed by atoms with Crippen molar-refractivity contribution < 1.29 is 4.92 Å². The van der Waals surface area contributed by atoms with E-state index >= 15 is 0 Å². The number of thiophene rings is 1. The molecule has 3 rings (SSSR count). The van der Waals surface area contributed by atoms with Crippen LogP contribution in [0.3, 0.4) is 0 Å². The SMILES string of the molecule is Cc1cccc(CN(Cc2cccnc2)Cc2ccc([N+](=O)[O-])s2)c1. The van der Waals surface area contributed by atoms with Crippen LogP contribution in [0, 0.1) is 17.0 Å². The van der Waals surface area contributed by atoms with Crippen LogP contribution in [0.1, 0.15) is 21.6 Å². The van der Waals surface area contributed by atoms with Crippen LogP contribution in [0.5, 0.6) is 0 Å². The first-order valence-corrected chi connectivity index (χ1v) is 8.82. The van der Waals surface area contributed by atoms with Crippen molar-refractivity contribution in [2.45, 2.75) is 26.6 Å². The lowest BCUT2D eigenvalue weighted by Crippen LogP contribution is -2.22. The molecular formula is C19H19N3O2S. The fraction of sp³-hybridized carbons (Fsp3) is 0.211. The zero-order valence-corrected chi connectivity index (χ0v) is 14.8. The van der Waals surface area contributed by atoms with Gasteiger partial charge in [-0.3, -0.25) is 20.0 Å². The molecule has 6 heteroatoms. The van der Waals surface area contributed by atoms with E-state index in [1.807, 2.05) is 24.4 Å². The predicted molar refractivity (Wildman–Crippen MR) is 99.3 cm³/mol. The Labute approximate surface area is 150 Å². The molecule has 0 spiro atoms. The Kier molecular flexibility index (Phi) is 5.53. The molecule has 0 unspecified atom stereocenters. The summed E-state index contributed by atoms with van der Waals surface area (Å²) in [5, 5.41) is 11.1. The summed E-state index contributed by atoms with van der Waals surface area (Å²) in [7, 11) is 0. The molecule has 0 bridgehead atoms. The zero-order chi connectivity index (χ0) is 17.6. The molecule has 0 aliphatic rings. The van der Waals surface area contributed by atoms with Crippen molar-refractivity contribution in [1.29, 1.82) is 0 Å². The van der Waals surface area contributed by atoms with Crippen molar-refractivity contribution >= 4 is 16.3 Å². The van der Waals surface area contributed by atoms with Gasteiger partial charge < -0.3 is 0 Å². The summed E-state index contributed by atoms with van der Waals surface area (Å²) in [5.41, 5.74) is 3.58. The first-order valence-electron chi connectivity index (χ1n) is 8.00. The molecule has 0 saturated heterocycles. The molecule has 2 heterocycles. The number of aryl methyl sites for hydroxylation is 1. The highest BCUT2D eigenvalue weighted by Crippen LogP contribution is 2.26. The van der Waals surface area contributed by atoms with E-state index in [4.69, 9.17) is 0 Å². The zero-order valence-electron chi connectivity index (χ0n) is 14.0. The predicted octanol–water partition coefficient (Wildman–Crippen LogP) is 4.56. The molecule has 5 nitrogen and oxygen atoms in total. The monoisotopic (exact) mass is 353 g/mol. The quantitative estimate of drug-likeness (QED) is 0.461. The van der Waals surface area contributed by atoms with Gasteiger partial charge >= 0.3 is 5.00 Å². The first kappa shape index (κ1) is 17.3. The van der Waals surface area contributed by atoms with E-state index in [1.165, 1.54) is 22.5 Å². The molecule has 128 valence electrons. The summed E-state index contributed by atoms with van der Waals surface area (Å²) in [6.07, 6.45) is 3.62. The second kappa shape index (κ2) is 8.00. The number of aromatic nitrogens is 1. The minimum Gasteiger partial charge on any atom is -0.290 e. The van der Waals surface area contributed by atoms with Crippen LogP contribution in [0.25, 0.3) is 0 Å². The van der Waals surface area contributed by atoms with Crippen molar-refractivity contribution in [3.8, 4) is 0 Å². The summed E-state index contributed by atoms with van der Waals surface area (Å²) in [6, 6.07) is 15.8. The lowest BCUT2D eigenvalue weighted by atomic mass is 10.1. The van der Waals surface area contributed by atoms with Crippen LogP contribution >= 0.6 is 11.3 Å². The van der Waals surface area contributed by atoms with Crippen LogP contribution in [-0.4, -0.2) is 14.8 Å². The molecule has 3 aromatic rings. The number of nitrogens with zero attached hydrogens (tertiary/aromatic N) is 3. The fourth-order valence-corrected chi connectivity index (χ4v) is 3.62. The van der Waals surface area contributed by atoms with Crippen LogP contribution in [0.2, 0.25) is 0 Å². The van der Waals surface area contributed by atoms with Crippen LogP contribution in [0.4, 0.5) is 5.00 Å². The lowest BCUT2D eigenvalue weighted by molar-refractivity contribution is -0.380. The average molecular weight is 353 g/mol. The maximum Gasteiger partial charge on any atom is 0.324 e. The molecule has 1 aromatic carbocycles. The Balaban J connectivity index is 1.78. The van der Waals surface area contributed by atoms with Gasteiger partial charge in [-0.2, -0.15) is 0 Å². The summed E-state index contributed by atoms with van der Waals surface area (Å²) in [5.74, 6) is 0. The molecular weight excluding hydrogens is 334 g/mol. The van der Waals surface area contributed by atoms with Gasteiger partial charge in [0, 0.05) is 43.0 Å². The van der Waals surface area contributed by atoms with Crippen molar-refractivity contribution in [2.24, 2.45) is 0 Å². The van der Waals surface area contributed by atoms with Crippen molar-refractivity contribution in [1.82, 2.24) is 9.88 Å². The Bertz CT molecular complexity index is 849. The number of pyridine rings is 1. The van der Waals surface area contributed by atoms with E-state index in [1.54, 1.807) is 12.3 Å². The standard InChI is InChI=1S/C19H19N3O2S/c1-15-4-2-5-16(10-15)12-21(13-17-6-3-9-20-11-17)14-18-7-8-19(25-18)22(23)24/h2-11H,12-14H2,1H3. The summed E-state index contributed by atoms with van der Waals surface area (Å²) < 4.78 is 0. The Morgan fingerprint density at radius 2 is 1.88 bits per heavy atom. The second-order valence-electron chi connectivity index (χ2n) is 5.99. The van der Waals surface area contributed by atoms with Gasteiger partial charge in [-0.15, -0.1) is 0 Å². The number of rotatable bonds is 7. The van der Waals surface area contributed by atoms with E-state index in [0.29, 0.717) is 6.54 Å². The van der Waals surface area contributed by atoms with E-state index in [-0.39, 0.29) is 9.92 Å². The summed E-state index contributed by atoms with van der Waals surface area (Å²) in [6.45, 7) is 4.27. The maximum absolute atomic E-state index is 10.9. The van der Waals surface area contributed by atoms with E-state index in [2.05, 4.69) is 41.1 Å². The number of nitro groups is 1. The van der Waals surface area contributed by atoms with Crippen molar-refractivity contribution in [2.75, 3.05) is 0 Å². The van der Waals surface area contributed by atoms with Gasteiger partial charge in [0.25, 0.3) is 0 Å². The average Bonchev–Trinajstić information content (AvgIpc) is 3.04. The van der Waals surface area contributed by atoms with Gasteiger partial charge in [0.05, 0.1) is 4.92 Å². The fourth-order valence-electron chi connectivity index (χ4n) is 2.76. The maximum atomic E-state index is 10.9. The minimum atomic E-state index is -0.333. The van der Waals surface area contributed by atoms with Crippen molar-refractivity contribution in [3.05, 3.63) is 92.6 Å². The first-order chi connectivity index (χ1) is 12.1. The third kappa shape index (κ3) is 4.95. The highest BCUT2D eigenvalue weighted by Gasteiger charge is 2.14. The molecule has 0 aliphatic heterocycles. The van der Waals surface area contributed by atoms with E-state index in [9.17, 15) is 10.1 Å². The van der Waals surface area contributed by atoms with Crippen LogP contribution in [-0.2, 0) is 19.6 Å². The van der Waals surface area contributed by atoms with Gasteiger partial charge in [-0.1, -0.05) is 47.2 Å². The van der Waals surface area contributed by atoms with Gasteiger partial charge in [0.2, 0.25) is 0 Å². The number of benzene rings is 1. The Hall–Kier alpha value is -2.57. The van der Waals surface area contributed by atoms with Gasteiger partial charge in [0.1, 0.15) is 0 Å². The molecule has 0 N–H and O–H groups in total. The molecule has 2 aromatic heterocycles. The Morgan fingerprint density at radius 1 is 1.08 bits per heavy atom. The third-order valence-corrected chi connectivity index (χ3v) is 4.85. The molecule has 0 atom stereocenters. The molecule has 0 fully saturated rings. The van der Waals surface area contributed by atoms with Crippen LogP contribution < -0.4 is 0 Å². The third-order valence-electron chi connectivity index (χ3n) is 3.82. The minimum absolute atomic E-state index is 0.187. The van der Waals surface area contributed by atoms with Crippen molar-refractivity contribution in [3.63, 3.8) is 0 Å². The lowest BCUT2D eigenvalue weighted by Gasteiger charge is -2.22. The summed E-state index contributed by atoms with van der Waals surface area (Å²) in [4.78, 5) is 18.0. The number of hydrogen-bond acceptors (Lipinski definition) is 5. The molecule has 25 heavy (non-hydrogen) atoms. The molecule has 0 aliphatic carbocycles. The second-order valence-corrected chi connectivity index (χ2v) is 7.14. The Morgan fingerprint density at radius 3 is 2.56 bits per heavy atom. The molecule has 0 amide bonds. The number of hydrogen-bond donors (Lipinski definition) is 0. The topological polar surface area (TPSA) is 59.3 Å². The molecule has 0 saturated carbocycles. The van der Waals surface area contributed by atoms with Crippen LogP contribution in [0.15, 0.2) is 60.9 Å². The summed E-state index contributed by atoms with van der Waals surface area (Å²) >= 11 is 1.24. The van der Waals surface area contributed by atoms with Gasteiger partial charge in [0.15, 0.2) is 0 Å². The molecule has 0 radical (unpaired) electrons. The normalized spacial score (nSPS) is 11.0. The smallest absolute Gasteiger partial charge is 0.290 e. The van der Waals surface area contributed by atoms with E-state index in [0.717, 1.165) is 23.5 Å². The largest absolute Gasteiger partial charge is 0.324 e.